The smallest absolute Gasteiger partial charge is 0.357 e. The van der Waals surface area contributed by atoms with Crippen molar-refractivity contribution in [3.05, 3.63) is 72.6 Å². The number of hydrogen-bond donors (Lipinski definition) is 1. The van der Waals surface area contributed by atoms with Crippen LogP contribution in [0.2, 0.25) is 0 Å². The number of carbonyl (C=O) groups is 2. The third kappa shape index (κ3) is 3.57. The lowest BCUT2D eigenvalue weighted by Crippen LogP contribution is -2.30. The molecular formula is C23H21N3O3. The van der Waals surface area contributed by atoms with Gasteiger partial charge in [-0.1, -0.05) is 24.3 Å². The number of nitrogens with zero attached hydrogens (tertiary/aromatic N) is 2. The van der Waals surface area contributed by atoms with Crippen LogP contribution in [0.1, 0.15) is 24.3 Å². The summed E-state index contributed by atoms with van der Waals surface area (Å²) in [5.74, 6) is -1.03. The molecule has 4 rings (SSSR count). The molecule has 0 aliphatic heterocycles. The minimum Gasteiger partial charge on any atom is -0.448 e. The summed E-state index contributed by atoms with van der Waals surface area (Å²) in [7, 11) is 0. The first-order valence-corrected chi connectivity index (χ1v) is 9.52. The number of carbonyl (C=O) groups excluding carboxylic acids is 2. The summed E-state index contributed by atoms with van der Waals surface area (Å²) in [5.41, 5.74) is 3.09. The van der Waals surface area contributed by atoms with Gasteiger partial charge < -0.3 is 14.6 Å². The molecule has 0 saturated carbocycles. The minimum absolute atomic E-state index is 0.168. The number of esters is 1. The number of pyridine rings is 1. The highest BCUT2D eigenvalue weighted by molar-refractivity contribution is 6.10. The molecule has 29 heavy (non-hydrogen) atoms. The van der Waals surface area contributed by atoms with Crippen molar-refractivity contribution in [2.24, 2.45) is 0 Å². The topological polar surface area (TPSA) is 73.2 Å². The Labute approximate surface area is 168 Å². The van der Waals surface area contributed by atoms with Crippen LogP contribution in [-0.4, -0.2) is 27.5 Å². The van der Waals surface area contributed by atoms with E-state index < -0.39 is 18.0 Å². The molecule has 1 N–H and O–H groups in total. The van der Waals surface area contributed by atoms with Crippen molar-refractivity contribution < 1.29 is 14.3 Å². The fourth-order valence-electron chi connectivity index (χ4n) is 3.47. The molecule has 4 aromatic rings. The van der Waals surface area contributed by atoms with E-state index in [2.05, 4.69) is 33.9 Å². The van der Waals surface area contributed by atoms with Crippen molar-refractivity contribution in [3.8, 4) is 0 Å². The highest BCUT2D eigenvalue weighted by Gasteiger charge is 2.20. The van der Waals surface area contributed by atoms with Gasteiger partial charge in [-0.15, -0.1) is 0 Å². The highest BCUT2D eigenvalue weighted by atomic mass is 16.5. The van der Waals surface area contributed by atoms with Gasteiger partial charge in [0.2, 0.25) is 0 Å². The number of aryl methyl sites for hydroxylation is 1. The molecule has 0 spiro atoms. The summed E-state index contributed by atoms with van der Waals surface area (Å²) in [6.07, 6.45) is 0.556. The van der Waals surface area contributed by atoms with Crippen LogP contribution in [0.15, 0.2) is 66.9 Å². The second kappa shape index (κ2) is 7.75. The number of rotatable bonds is 5. The van der Waals surface area contributed by atoms with Gasteiger partial charge in [-0.05, 0) is 50.2 Å². The minimum atomic E-state index is -0.947. The maximum atomic E-state index is 12.5. The van der Waals surface area contributed by atoms with Gasteiger partial charge in [0.05, 0.1) is 0 Å². The van der Waals surface area contributed by atoms with Crippen molar-refractivity contribution in [2.45, 2.75) is 26.5 Å². The molecule has 0 saturated heterocycles. The third-order valence-electron chi connectivity index (χ3n) is 4.88. The molecule has 0 radical (unpaired) electrons. The zero-order chi connectivity index (χ0) is 20.4. The normalized spacial score (nSPS) is 12.1. The fourth-order valence-corrected chi connectivity index (χ4v) is 3.47. The van der Waals surface area contributed by atoms with E-state index in [1.54, 1.807) is 18.2 Å². The van der Waals surface area contributed by atoms with E-state index in [-0.39, 0.29) is 5.69 Å². The molecule has 0 unspecified atom stereocenters. The molecule has 0 bridgehead atoms. The van der Waals surface area contributed by atoms with Gasteiger partial charge in [0, 0.05) is 40.2 Å². The second-order valence-electron chi connectivity index (χ2n) is 6.75. The Morgan fingerprint density at radius 2 is 1.79 bits per heavy atom. The summed E-state index contributed by atoms with van der Waals surface area (Å²) in [6.45, 7) is 4.51. The molecular weight excluding hydrogens is 366 g/mol. The summed E-state index contributed by atoms with van der Waals surface area (Å²) in [6, 6.07) is 19.0. The molecule has 146 valence electrons. The maximum absolute atomic E-state index is 12.5. The molecule has 1 amide bonds. The maximum Gasteiger partial charge on any atom is 0.357 e. The zero-order valence-electron chi connectivity index (χ0n) is 16.3. The second-order valence-corrected chi connectivity index (χ2v) is 6.75. The Kier molecular flexibility index (Phi) is 4.99. The Hall–Kier alpha value is -3.67. The van der Waals surface area contributed by atoms with E-state index in [0.717, 1.165) is 28.4 Å². The molecule has 2 aromatic carbocycles. The standard InChI is InChI=1S/C23H21N3O3/c1-3-26-20-10-5-4-8-17(20)18-14-16(11-12-21(18)26)25-22(27)15(2)29-23(28)19-9-6-7-13-24-19/h4-15H,3H2,1-2H3,(H,25,27)/t15-/m1/s1. The van der Waals surface area contributed by atoms with Gasteiger partial charge in [0.1, 0.15) is 5.69 Å². The van der Waals surface area contributed by atoms with E-state index in [1.807, 2.05) is 30.3 Å². The number of ether oxygens (including phenoxy) is 1. The van der Waals surface area contributed by atoms with Crippen LogP contribution < -0.4 is 5.32 Å². The first kappa shape index (κ1) is 18.7. The van der Waals surface area contributed by atoms with Crippen molar-refractivity contribution in [1.29, 1.82) is 0 Å². The van der Waals surface area contributed by atoms with E-state index in [9.17, 15) is 9.59 Å². The van der Waals surface area contributed by atoms with E-state index >= 15 is 0 Å². The van der Waals surface area contributed by atoms with Gasteiger partial charge in [-0.2, -0.15) is 0 Å². The van der Waals surface area contributed by atoms with E-state index in [1.165, 1.54) is 13.1 Å². The van der Waals surface area contributed by atoms with E-state index in [0.29, 0.717) is 5.69 Å². The Morgan fingerprint density at radius 3 is 2.55 bits per heavy atom. The van der Waals surface area contributed by atoms with Gasteiger partial charge in [0.25, 0.3) is 5.91 Å². The van der Waals surface area contributed by atoms with Gasteiger partial charge in [-0.3, -0.25) is 4.79 Å². The Morgan fingerprint density at radius 1 is 1.03 bits per heavy atom. The van der Waals surface area contributed by atoms with Crippen molar-refractivity contribution >= 4 is 39.4 Å². The van der Waals surface area contributed by atoms with Crippen molar-refractivity contribution in [2.75, 3.05) is 5.32 Å². The number of benzene rings is 2. The van der Waals surface area contributed by atoms with Crippen LogP contribution in [0.3, 0.4) is 0 Å². The Balaban J connectivity index is 1.55. The van der Waals surface area contributed by atoms with Crippen molar-refractivity contribution in [3.63, 3.8) is 0 Å². The first-order chi connectivity index (χ1) is 14.1. The average molecular weight is 387 g/mol. The largest absolute Gasteiger partial charge is 0.448 e. The molecule has 2 heterocycles. The Bertz CT molecular complexity index is 1200. The third-order valence-corrected chi connectivity index (χ3v) is 4.88. The fraction of sp³-hybridized carbons (Fsp3) is 0.174. The lowest BCUT2D eigenvalue weighted by atomic mass is 10.1. The quantitative estimate of drug-likeness (QED) is 0.515. The van der Waals surface area contributed by atoms with Crippen LogP contribution in [-0.2, 0) is 16.1 Å². The summed E-state index contributed by atoms with van der Waals surface area (Å²) in [5, 5.41) is 5.04. The van der Waals surface area contributed by atoms with E-state index in [4.69, 9.17) is 4.74 Å². The molecule has 2 aromatic heterocycles. The molecule has 1 atom stereocenters. The zero-order valence-corrected chi connectivity index (χ0v) is 16.3. The number of fused-ring (bicyclic) bond motifs is 3. The average Bonchev–Trinajstić information content (AvgIpc) is 3.07. The molecule has 0 fully saturated rings. The number of para-hydroxylation sites is 1. The van der Waals surface area contributed by atoms with Crippen LogP contribution in [0, 0.1) is 0 Å². The molecule has 6 nitrogen and oxygen atoms in total. The van der Waals surface area contributed by atoms with Crippen molar-refractivity contribution in [1.82, 2.24) is 9.55 Å². The predicted molar refractivity (Wildman–Crippen MR) is 113 cm³/mol. The number of hydrogen-bond acceptors (Lipinski definition) is 4. The van der Waals surface area contributed by atoms with Gasteiger partial charge in [-0.25, -0.2) is 9.78 Å². The van der Waals surface area contributed by atoms with Gasteiger partial charge >= 0.3 is 5.97 Å². The van der Waals surface area contributed by atoms with Crippen LogP contribution in [0.25, 0.3) is 21.8 Å². The number of amides is 1. The number of anilines is 1. The SMILES string of the molecule is CCn1c2ccccc2c2cc(NC(=O)[C@@H](C)OC(=O)c3ccccn3)ccc21. The summed E-state index contributed by atoms with van der Waals surface area (Å²) in [4.78, 5) is 28.6. The lowest BCUT2D eigenvalue weighted by molar-refractivity contribution is -0.123. The highest BCUT2D eigenvalue weighted by Crippen LogP contribution is 2.31. The van der Waals surface area contributed by atoms with Crippen LogP contribution in [0.4, 0.5) is 5.69 Å². The monoisotopic (exact) mass is 387 g/mol. The lowest BCUT2D eigenvalue weighted by Gasteiger charge is -2.13. The molecule has 0 aliphatic rings. The predicted octanol–water partition coefficient (Wildman–Crippen LogP) is 4.39. The van der Waals surface area contributed by atoms with Crippen LogP contribution in [0.5, 0.6) is 0 Å². The number of aromatic nitrogens is 2. The summed E-state index contributed by atoms with van der Waals surface area (Å²) >= 11 is 0. The molecule has 6 heteroatoms. The molecule has 0 aliphatic carbocycles. The van der Waals surface area contributed by atoms with Gasteiger partial charge in [0.15, 0.2) is 6.10 Å². The summed E-state index contributed by atoms with van der Waals surface area (Å²) < 4.78 is 7.48. The van der Waals surface area contributed by atoms with Crippen LogP contribution >= 0.6 is 0 Å². The number of nitrogens with one attached hydrogen (secondary N) is 1. The first-order valence-electron chi connectivity index (χ1n) is 9.52.